The third-order valence-electron chi connectivity index (χ3n) is 2.64. The van der Waals surface area contributed by atoms with E-state index in [9.17, 15) is 0 Å². The highest BCUT2D eigenvalue weighted by atomic mass is 16.5. The summed E-state index contributed by atoms with van der Waals surface area (Å²) in [5, 5.41) is 0. The van der Waals surface area contributed by atoms with Crippen LogP contribution in [0.4, 0.5) is 0 Å². The fourth-order valence-electron chi connectivity index (χ4n) is 1.95. The first-order valence-corrected chi connectivity index (χ1v) is 5.16. The van der Waals surface area contributed by atoms with Gasteiger partial charge in [0.25, 0.3) is 0 Å². The Morgan fingerprint density at radius 2 is 2.13 bits per heavy atom. The molecule has 0 aliphatic rings. The van der Waals surface area contributed by atoms with Crippen LogP contribution in [0.2, 0.25) is 0 Å². The van der Waals surface area contributed by atoms with Gasteiger partial charge in [0.1, 0.15) is 5.82 Å². The van der Waals surface area contributed by atoms with E-state index < -0.39 is 0 Å². The number of aryl methyl sites for hydroxylation is 1. The minimum atomic E-state index is 0.408. The largest absolute Gasteiger partial charge is 0.481 e. The molecule has 15 heavy (non-hydrogen) atoms. The topological polar surface area (TPSA) is 26.5 Å². The summed E-state index contributed by atoms with van der Waals surface area (Å²) in [5.41, 5.74) is 2.36. The lowest BCUT2D eigenvalue weighted by molar-refractivity contribution is 0.388. The summed E-state index contributed by atoms with van der Waals surface area (Å²) in [6, 6.07) is 4.14. The van der Waals surface area contributed by atoms with E-state index in [0.717, 1.165) is 11.7 Å². The van der Waals surface area contributed by atoms with Gasteiger partial charge in [0, 0.05) is 11.8 Å². The molecule has 0 aromatic carbocycles. The Labute approximate surface area is 89.7 Å². The normalized spacial score (nSPS) is 11.3. The Kier molecular flexibility index (Phi) is 2.39. The van der Waals surface area contributed by atoms with E-state index in [1.165, 1.54) is 11.1 Å². The van der Waals surface area contributed by atoms with Crippen molar-refractivity contribution < 1.29 is 4.74 Å². The van der Waals surface area contributed by atoms with Crippen LogP contribution in [0.5, 0.6) is 5.88 Å². The van der Waals surface area contributed by atoms with Crippen LogP contribution in [0.1, 0.15) is 31.2 Å². The Hall–Kier alpha value is -1.51. The van der Waals surface area contributed by atoms with E-state index >= 15 is 0 Å². The number of fused-ring (bicyclic) bond motifs is 1. The highest BCUT2D eigenvalue weighted by Gasteiger charge is 2.14. The summed E-state index contributed by atoms with van der Waals surface area (Å²) in [7, 11) is 1.67. The Morgan fingerprint density at radius 1 is 1.40 bits per heavy atom. The molecule has 0 fully saturated rings. The van der Waals surface area contributed by atoms with Gasteiger partial charge in [0.05, 0.1) is 12.6 Å². The standard InChI is InChI=1S/C12H16N2O/c1-8(2)11-10-6-5-7-14(10)9(3)13-12(11)15-4/h5-8H,1-4H3. The molecule has 0 aliphatic heterocycles. The smallest absolute Gasteiger partial charge is 0.220 e. The molecule has 2 rings (SSSR count). The van der Waals surface area contributed by atoms with E-state index in [4.69, 9.17) is 4.74 Å². The van der Waals surface area contributed by atoms with E-state index in [1.54, 1.807) is 7.11 Å². The zero-order chi connectivity index (χ0) is 11.0. The van der Waals surface area contributed by atoms with Gasteiger partial charge < -0.3 is 9.14 Å². The lowest BCUT2D eigenvalue weighted by atomic mass is 10.0. The van der Waals surface area contributed by atoms with Gasteiger partial charge in [-0.3, -0.25) is 0 Å². The van der Waals surface area contributed by atoms with Gasteiger partial charge in [-0.15, -0.1) is 0 Å². The molecule has 3 nitrogen and oxygen atoms in total. The minimum absolute atomic E-state index is 0.408. The number of hydrogen-bond donors (Lipinski definition) is 0. The van der Waals surface area contributed by atoms with Crippen molar-refractivity contribution in [2.75, 3.05) is 7.11 Å². The van der Waals surface area contributed by atoms with Crippen LogP contribution >= 0.6 is 0 Å². The second kappa shape index (κ2) is 3.57. The van der Waals surface area contributed by atoms with Crippen LogP contribution in [0, 0.1) is 6.92 Å². The molecule has 2 heterocycles. The van der Waals surface area contributed by atoms with Crippen molar-refractivity contribution in [1.82, 2.24) is 9.38 Å². The first kappa shape index (κ1) is 10.0. The van der Waals surface area contributed by atoms with Crippen molar-refractivity contribution in [3.05, 3.63) is 29.7 Å². The molecule has 0 aliphatic carbocycles. The zero-order valence-electron chi connectivity index (χ0n) is 9.61. The number of ether oxygens (including phenoxy) is 1. The van der Waals surface area contributed by atoms with Crippen LogP contribution < -0.4 is 4.74 Å². The van der Waals surface area contributed by atoms with Crippen molar-refractivity contribution in [1.29, 1.82) is 0 Å². The van der Waals surface area contributed by atoms with Crippen LogP contribution in [0.25, 0.3) is 5.52 Å². The maximum absolute atomic E-state index is 5.34. The predicted octanol–water partition coefficient (Wildman–Crippen LogP) is 2.77. The highest BCUT2D eigenvalue weighted by Crippen LogP contribution is 2.29. The fraction of sp³-hybridized carbons (Fsp3) is 0.417. The van der Waals surface area contributed by atoms with Crippen LogP contribution in [0.15, 0.2) is 18.3 Å². The molecular weight excluding hydrogens is 188 g/mol. The first-order chi connectivity index (χ1) is 7.15. The summed E-state index contributed by atoms with van der Waals surface area (Å²) in [5.74, 6) is 2.11. The third kappa shape index (κ3) is 1.48. The average molecular weight is 204 g/mol. The molecule has 0 atom stereocenters. The Bertz CT molecular complexity index is 486. The van der Waals surface area contributed by atoms with Crippen LogP contribution in [-0.2, 0) is 0 Å². The lowest BCUT2D eigenvalue weighted by Gasteiger charge is -2.14. The molecule has 0 unspecified atom stereocenters. The van der Waals surface area contributed by atoms with Crippen molar-refractivity contribution in [3.63, 3.8) is 0 Å². The van der Waals surface area contributed by atoms with Gasteiger partial charge in [-0.1, -0.05) is 13.8 Å². The molecule has 2 aromatic heterocycles. The predicted molar refractivity (Wildman–Crippen MR) is 60.6 cm³/mol. The second-order valence-corrected chi connectivity index (χ2v) is 4.00. The van der Waals surface area contributed by atoms with Crippen molar-refractivity contribution in [3.8, 4) is 5.88 Å². The fourth-order valence-corrected chi connectivity index (χ4v) is 1.95. The van der Waals surface area contributed by atoms with Gasteiger partial charge in [0.2, 0.25) is 5.88 Å². The molecule has 0 amide bonds. The molecule has 0 saturated heterocycles. The van der Waals surface area contributed by atoms with E-state index in [1.807, 2.05) is 19.2 Å². The van der Waals surface area contributed by atoms with E-state index in [2.05, 4.69) is 29.3 Å². The zero-order valence-corrected chi connectivity index (χ0v) is 9.61. The Balaban J connectivity index is 2.83. The van der Waals surface area contributed by atoms with E-state index in [0.29, 0.717) is 5.92 Å². The number of nitrogens with zero attached hydrogens (tertiary/aromatic N) is 2. The molecular formula is C12H16N2O. The summed E-state index contributed by atoms with van der Waals surface area (Å²) in [4.78, 5) is 4.45. The molecule has 0 bridgehead atoms. The van der Waals surface area contributed by atoms with Gasteiger partial charge >= 0.3 is 0 Å². The summed E-state index contributed by atoms with van der Waals surface area (Å²) < 4.78 is 7.44. The molecule has 3 heteroatoms. The summed E-state index contributed by atoms with van der Waals surface area (Å²) >= 11 is 0. The monoisotopic (exact) mass is 204 g/mol. The van der Waals surface area contributed by atoms with Gasteiger partial charge in [-0.25, -0.2) is 0 Å². The molecule has 2 aromatic rings. The molecule has 0 radical (unpaired) electrons. The van der Waals surface area contributed by atoms with Gasteiger partial charge in [-0.2, -0.15) is 4.98 Å². The first-order valence-electron chi connectivity index (χ1n) is 5.16. The van der Waals surface area contributed by atoms with Crippen molar-refractivity contribution in [2.24, 2.45) is 0 Å². The SMILES string of the molecule is COc1nc(C)n2cccc2c1C(C)C. The maximum atomic E-state index is 5.34. The molecule has 80 valence electrons. The van der Waals surface area contributed by atoms with Gasteiger partial charge in [0.15, 0.2) is 0 Å². The summed E-state index contributed by atoms with van der Waals surface area (Å²) in [6.07, 6.45) is 2.03. The molecule has 0 spiro atoms. The second-order valence-electron chi connectivity index (χ2n) is 4.00. The van der Waals surface area contributed by atoms with E-state index in [-0.39, 0.29) is 0 Å². The molecule has 0 N–H and O–H groups in total. The number of rotatable bonds is 2. The maximum Gasteiger partial charge on any atom is 0.220 e. The third-order valence-corrected chi connectivity index (χ3v) is 2.64. The quantitative estimate of drug-likeness (QED) is 0.752. The molecule has 0 saturated carbocycles. The number of aromatic nitrogens is 2. The lowest BCUT2D eigenvalue weighted by Crippen LogP contribution is -2.04. The number of hydrogen-bond acceptors (Lipinski definition) is 2. The van der Waals surface area contributed by atoms with Crippen LogP contribution in [-0.4, -0.2) is 16.5 Å². The van der Waals surface area contributed by atoms with Crippen molar-refractivity contribution in [2.45, 2.75) is 26.7 Å². The van der Waals surface area contributed by atoms with Crippen LogP contribution in [0.3, 0.4) is 0 Å². The van der Waals surface area contributed by atoms with Crippen molar-refractivity contribution >= 4 is 5.52 Å². The highest BCUT2D eigenvalue weighted by molar-refractivity contribution is 5.60. The number of methoxy groups -OCH3 is 1. The minimum Gasteiger partial charge on any atom is -0.481 e. The average Bonchev–Trinajstić information content (AvgIpc) is 2.65. The Morgan fingerprint density at radius 3 is 2.73 bits per heavy atom. The van der Waals surface area contributed by atoms with Gasteiger partial charge in [-0.05, 0) is 25.0 Å². The summed E-state index contributed by atoms with van der Waals surface area (Å²) in [6.45, 7) is 6.30.